The smallest absolute Gasteiger partial charge is 0.249 e. The van der Waals surface area contributed by atoms with E-state index >= 15 is 0 Å². The Hall–Kier alpha value is -1.17. The van der Waals surface area contributed by atoms with Crippen molar-refractivity contribution in [1.82, 2.24) is 5.32 Å². The molecular formula is C54H105NO4. The molecule has 0 aromatic rings. The first-order valence-electron chi connectivity index (χ1n) is 26.7. The predicted molar refractivity (Wildman–Crippen MR) is 259 cm³/mol. The van der Waals surface area contributed by atoms with Gasteiger partial charge in [0.15, 0.2) is 0 Å². The van der Waals surface area contributed by atoms with Crippen molar-refractivity contribution in [3.63, 3.8) is 0 Å². The minimum atomic E-state index is -1.10. The highest BCUT2D eigenvalue weighted by Crippen LogP contribution is 2.17. The molecule has 1 amide bonds. The fourth-order valence-corrected chi connectivity index (χ4v) is 8.36. The monoisotopic (exact) mass is 832 g/mol. The fourth-order valence-electron chi connectivity index (χ4n) is 8.36. The van der Waals surface area contributed by atoms with Crippen molar-refractivity contribution < 1.29 is 20.1 Å². The third kappa shape index (κ3) is 44.7. The number of unbranched alkanes of at least 4 members (excludes halogenated alkanes) is 39. The van der Waals surface area contributed by atoms with Gasteiger partial charge < -0.3 is 20.6 Å². The second-order valence-corrected chi connectivity index (χ2v) is 18.4. The summed E-state index contributed by atoms with van der Waals surface area (Å²) in [6.45, 7) is 4.21. The molecule has 4 N–H and O–H groups in total. The Kier molecular flexibility index (Phi) is 48.5. The number of carbonyl (C=O) groups excluding carboxylic acids is 1. The van der Waals surface area contributed by atoms with E-state index < -0.39 is 24.2 Å². The normalized spacial score (nSPS) is 13.5. The molecule has 0 bridgehead atoms. The lowest BCUT2D eigenvalue weighted by molar-refractivity contribution is -0.131. The van der Waals surface area contributed by atoms with E-state index in [4.69, 9.17) is 0 Å². The van der Waals surface area contributed by atoms with Crippen molar-refractivity contribution in [2.45, 2.75) is 308 Å². The van der Waals surface area contributed by atoms with Gasteiger partial charge in [-0.2, -0.15) is 0 Å². The lowest BCUT2D eigenvalue weighted by atomic mass is 10.0. The summed E-state index contributed by atoms with van der Waals surface area (Å²) in [7, 11) is 0. The van der Waals surface area contributed by atoms with Crippen LogP contribution >= 0.6 is 0 Å². The van der Waals surface area contributed by atoms with Crippen LogP contribution < -0.4 is 5.32 Å². The van der Waals surface area contributed by atoms with Crippen LogP contribution in [0.4, 0.5) is 0 Å². The van der Waals surface area contributed by atoms with E-state index in [0.717, 1.165) is 32.1 Å². The number of aliphatic hydroxyl groups is 3. The van der Waals surface area contributed by atoms with Crippen LogP contribution in [0.1, 0.15) is 290 Å². The summed E-state index contributed by atoms with van der Waals surface area (Å²) >= 11 is 0. The van der Waals surface area contributed by atoms with E-state index in [1.807, 2.05) is 6.08 Å². The summed E-state index contributed by atoms with van der Waals surface area (Å²) in [5.41, 5.74) is 0. The molecule has 0 aliphatic carbocycles. The number of hydrogen-bond donors (Lipinski definition) is 4. The number of hydrogen-bond acceptors (Lipinski definition) is 4. The third-order valence-corrected chi connectivity index (χ3v) is 12.5. The number of rotatable bonds is 49. The third-order valence-electron chi connectivity index (χ3n) is 12.5. The molecule has 0 aromatic carbocycles. The van der Waals surface area contributed by atoms with Gasteiger partial charge in [0.25, 0.3) is 0 Å². The minimum Gasteiger partial charge on any atom is -0.394 e. The first-order valence-corrected chi connectivity index (χ1v) is 26.7. The average Bonchev–Trinajstić information content (AvgIpc) is 3.24. The molecule has 0 aliphatic rings. The highest BCUT2D eigenvalue weighted by Gasteiger charge is 2.22. The molecule has 350 valence electrons. The van der Waals surface area contributed by atoms with Gasteiger partial charge in [0.05, 0.1) is 18.8 Å². The van der Waals surface area contributed by atoms with Gasteiger partial charge in [0, 0.05) is 0 Å². The molecule has 59 heavy (non-hydrogen) atoms. The molecule has 0 aliphatic heterocycles. The molecule has 0 saturated heterocycles. The van der Waals surface area contributed by atoms with Crippen molar-refractivity contribution in [3.05, 3.63) is 24.3 Å². The Morgan fingerprint density at radius 3 is 0.983 bits per heavy atom. The summed E-state index contributed by atoms with van der Waals surface area (Å²) in [6, 6.07) is -0.799. The highest BCUT2D eigenvalue weighted by molar-refractivity contribution is 5.80. The Labute approximate surface area is 369 Å². The molecule has 3 atom stereocenters. The van der Waals surface area contributed by atoms with E-state index in [-0.39, 0.29) is 6.61 Å². The van der Waals surface area contributed by atoms with E-state index in [1.165, 1.54) is 238 Å². The van der Waals surface area contributed by atoms with Crippen molar-refractivity contribution >= 4 is 5.91 Å². The molecule has 0 aromatic heterocycles. The number of aliphatic hydroxyl groups excluding tert-OH is 3. The second-order valence-electron chi connectivity index (χ2n) is 18.4. The van der Waals surface area contributed by atoms with Gasteiger partial charge in [0.1, 0.15) is 6.10 Å². The Balaban J connectivity index is 3.60. The van der Waals surface area contributed by atoms with Gasteiger partial charge >= 0.3 is 0 Å². The number of allylic oxidation sites excluding steroid dienone is 3. The van der Waals surface area contributed by atoms with E-state index in [9.17, 15) is 20.1 Å². The molecule has 5 nitrogen and oxygen atoms in total. The van der Waals surface area contributed by atoms with Crippen LogP contribution in [0.15, 0.2) is 24.3 Å². The first-order chi connectivity index (χ1) is 29.1. The number of amides is 1. The van der Waals surface area contributed by atoms with Crippen molar-refractivity contribution in [2.75, 3.05) is 6.61 Å². The summed E-state index contributed by atoms with van der Waals surface area (Å²) < 4.78 is 0. The average molecular weight is 832 g/mol. The zero-order chi connectivity index (χ0) is 43.0. The summed E-state index contributed by atoms with van der Waals surface area (Å²) in [4.78, 5) is 12.5. The lowest BCUT2D eigenvalue weighted by Gasteiger charge is -2.21. The molecule has 0 radical (unpaired) electrons. The maximum atomic E-state index is 12.5. The van der Waals surface area contributed by atoms with Gasteiger partial charge in [-0.05, 0) is 44.9 Å². The topological polar surface area (TPSA) is 89.8 Å². The van der Waals surface area contributed by atoms with Crippen LogP contribution in [0.3, 0.4) is 0 Å². The van der Waals surface area contributed by atoms with E-state index in [1.54, 1.807) is 6.08 Å². The highest BCUT2D eigenvalue weighted by atomic mass is 16.3. The Morgan fingerprint density at radius 1 is 0.407 bits per heavy atom. The van der Waals surface area contributed by atoms with Crippen LogP contribution in [0.5, 0.6) is 0 Å². The second kappa shape index (κ2) is 49.5. The maximum Gasteiger partial charge on any atom is 0.249 e. The van der Waals surface area contributed by atoms with Gasteiger partial charge in [-0.3, -0.25) is 4.79 Å². The van der Waals surface area contributed by atoms with E-state index in [2.05, 4.69) is 31.3 Å². The first kappa shape index (κ1) is 57.8. The van der Waals surface area contributed by atoms with Crippen LogP contribution in [0.25, 0.3) is 0 Å². The number of carbonyl (C=O) groups is 1. The summed E-state index contributed by atoms with van der Waals surface area (Å²) in [6.07, 6.45) is 62.4. The quantitative estimate of drug-likeness (QED) is 0.0363. The Morgan fingerprint density at radius 2 is 0.678 bits per heavy atom. The SMILES string of the molecule is CCCCCCCCCCCCC/C=C\CCCCCCCCC(O)C(=O)NC(CO)C(O)/C=C/CCCCCCCCCCCCCCCCCCCCCCCC. The van der Waals surface area contributed by atoms with Gasteiger partial charge in [-0.1, -0.05) is 269 Å². The van der Waals surface area contributed by atoms with Crippen LogP contribution in [0.2, 0.25) is 0 Å². The Bertz CT molecular complexity index is 874. The van der Waals surface area contributed by atoms with Gasteiger partial charge in [-0.15, -0.1) is 0 Å². The number of nitrogens with one attached hydrogen (secondary N) is 1. The summed E-state index contributed by atoms with van der Waals surface area (Å²) in [5.74, 6) is -0.504. The fraction of sp³-hybridized carbons (Fsp3) is 0.907. The molecule has 0 rings (SSSR count). The van der Waals surface area contributed by atoms with Crippen molar-refractivity contribution in [1.29, 1.82) is 0 Å². The summed E-state index contributed by atoms with van der Waals surface area (Å²) in [5, 5.41) is 33.3. The van der Waals surface area contributed by atoms with Crippen molar-refractivity contribution in [3.8, 4) is 0 Å². The largest absolute Gasteiger partial charge is 0.394 e. The molecule has 3 unspecified atom stereocenters. The van der Waals surface area contributed by atoms with Crippen molar-refractivity contribution in [2.24, 2.45) is 0 Å². The molecule has 0 saturated carbocycles. The maximum absolute atomic E-state index is 12.5. The predicted octanol–water partition coefficient (Wildman–Crippen LogP) is 16.1. The molecule has 0 spiro atoms. The van der Waals surface area contributed by atoms with Crippen LogP contribution in [-0.4, -0.2) is 46.1 Å². The van der Waals surface area contributed by atoms with Gasteiger partial charge in [-0.25, -0.2) is 0 Å². The zero-order valence-corrected chi connectivity index (χ0v) is 39.9. The molecule has 0 heterocycles. The standard InChI is InChI=1S/C54H105NO4/c1-3-5-7-9-11-13-15-17-19-21-23-25-26-27-29-30-32-34-36-38-40-42-44-46-48-52(57)51(50-56)55-54(59)53(58)49-47-45-43-41-39-37-35-33-31-28-24-22-20-18-16-14-12-10-8-6-4-2/h31,33,46,48,51-53,56-58H,3-30,32,34-45,47,49-50H2,1-2H3,(H,55,59)/b33-31-,48-46+. The molecule has 0 fully saturated rings. The molecular weight excluding hydrogens is 727 g/mol. The molecule has 5 heteroatoms. The lowest BCUT2D eigenvalue weighted by Crippen LogP contribution is -2.48. The van der Waals surface area contributed by atoms with Crippen LogP contribution in [-0.2, 0) is 4.79 Å². The van der Waals surface area contributed by atoms with E-state index in [0.29, 0.717) is 6.42 Å². The zero-order valence-electron chi connectivity index (χ0n) is 39.9. The van der Waals surface area contributed by atoms with Crippen LogP contribution in [0, 0.1) is 0 Å². The van der Waals surface area contributed by atoms with Gasteiger partial charge in [0.2, 0.25) is 5.91 Å². The minimum absolute atomic E-state index is 0.363.